The first-order chi connectivity index (χ1) is 8.70. The summed E-state index contributed by atoms with van der Waals surface area (Å²) in [4.78, 5) is 3.98. The van der Waals surface area contributed by atoms with Crippen LogP contribution in [0, 0.1) is 5.92 Å². The van der Waals surface area contributed by atoms with Crippen molar-refractivity contribution in [2.75, 3.05) is 26.2 Å². The average Bonchev–Trinajstić information content (AvgIpc) is 2.83. The Kier molecular flexibility index (Phi) is 5.49. The molecule has 1 aliphatic rings. The molecule has 0 saturated carbocycles. The van der Waals surface area contributed by atoms with Gasteiger partial charge in [-0.3, -0.25) is 4.90 Å². The number of nitrogens with one attached hydrogen (secondary N) is 1. The van der Waals surface area contributed by atoms with E-state index in [-0.39, 0.29) is 0 Å². The maximum Gasteiger partial charge on any atom is 0.0931 e. The van der Waals surface area contributed by atoms with Crippen LogP contribution in [-0.2, 0) is 0 Å². The molecule has 1 aliphatic heterocycles. The largest absolute Gasteiger partial charge is 0.317 e. The van der Waals surface area contributed by atoms with Gasteiger partial charge in [-0.25, -0.2) is 0 Å². The zero-order valence-corrected chi connectivity index (χ0v) is 12.9. The molecular weight excluding hydrogens is 264 g/mol. The summed E-state index contributed by atoms with van der Waals surface area (Å²) in [6, 6.07) is 4.70. The van der Waals surface area contributed by atoms with Gasteiger partial charge in [-0.2, -0.15) is 0 Å². The predicted molar refractivity (Wildman–Crippen MR) is 80.6 cm³/mol. The monoisotopic (exact) mass is 286 g/mol. The summed E-state index contributed by atoms with van der Waals surface area (Å²) in [6.45, 7) is 9.18. The van der Waals surface area contributed by atoms with Gasteiger partial charge in [0.2, 0.25) is 0 Å². The smallest absolute Gasteiger partial charge is 0.0931 e. The molecule has 0 bridgehead atoms. The molecule has 0 aliphatic carbocycles. The second kappa shape index (κ2) is 6.90. The quantitative estimate of drug-likeness (QED) is 0.886. The van der Waals surface area contributed by atoms with Crippen LogP contribution in [0.25, 0.3) is 0 Å². The molecule has 4 heteroatoms. The predicted octanol–water partition coefficient (Wildman–Crippen LogP) is 3.78. The molecule has 0 amide bonds. The summed E-state index contributed by atoms with van der Waals surface area (Å²) in [5, 5.41) is 3.46. The number of thiophene rings is 1. The maximum atomic E-state index is 6.02. The van der Waals surface area contributed by atoms with Crippen molar-refractivity contribution in [3.63, 3.8) is 0 Å². The second-order valence-electron chi connectivity index (χ2n) is 5.10. The summed E-state index contributed by atoms with van der Waals surface area (Å²) in [5.41, 5.74) is 0. The van der Waals surface area contributed by atoms with Crippen molar-refractivity contribution in [2.45, 2.75) is 32.7 Å². The number of rotatable bonds is 5. The average molecular weight is 287 g/mol. The van der Waals surface area contributed by atoms with E-state index in [0.717, 1.165) is 16.8 Å². The van der Waals surface area contributed by atoms with Crippen LogP contribution in [0.3, 0.4) is 0 Å². The van der Waals surface area contributed by atoms with Crippen LogP contribution in [0.1, 0.15) is 37.6 Å². The number of piperidine rings is 1. The van der Waals surface area contributed by atoms with E-state index in [9.17, 15) is 0 Å². The topological polar surface area (TPSA) is 15.3 Å². The van der Waals surface area contributed by atoms with E-state index < -0.39 is 0 Å². The minimum atomic E-state index is 0.516. The molecule has 18 heavy (non-hydrogen) atoms. The van der Waals surface area contributed by atoms with Crippen LogP contribution in [0.2, 0.25) is 4.34 Å². The fraction of sp³-hybridized carbons (Fsp3) is 0.714. The van der Waals surface area contributed by atoms with Gasteiger partial charge in [0.15, 0.2) is 0 Å². The molecule has 1 aromatic heterocycles. The Balaban J connectivity index is 1.82. The van der Waals surface area contributed by atoms with Crippen molar-refractivity contribution < 1.29 is 0 Å². The standard InChI is InChI=1S/C14H23ClN2S/c1-3-16-10-12-6-8-17(9-7-12)11(2)13-4-5-14(15)18-13/h4-5,11-12,16H,3,6-10H2,1-2H3. The lowest BCUT2D eigenvalue weighted by Crippen LogP contribution is -2.38. The molecule has 1 unspecified atom stereocenters. The third-order valence-electron chi connectivity index (χ3n) is 3.89. The normalized spacial score (nSPS) is 20.2. The van der Waals surface area contributed by atoms with E-state index in [2.05, 4.69) is 30.1 Å². The van der Waals surface area contributed by atoms with Gasteiger partial charge in [0.25, 0.3) is 0 Å². The van der Waals surface area contributed by atoms with Crippen molar-refractivity contribution in [1.29, 1.82) is 0 Å². The SMILES string of the molecule is CCNCC1CCN(C(C)c2ccc(Cl)s2)CC1. The number of hydrogen-bond donors (Lipinski definition) is 1. The molecule has 1 saturated heterocycles. The Morgan fingerprint density at radius 2 is 2.17 bits per heavy atom. The van der Waals surface area contributed by atoms with Gasteiger partial charge in [-0.05, 0) is 64.0 Å². The number of halogens is 1. The van der Waals surface area contributed by atoms with Crippen molar-refractivity contribution in [2.24, 2.45) is 5.92 Å². The molecule has 2 heterocycles. The lowest BCUT2D eigenvalue weighted by molar-refractivity contribution is 0.142. The Morgan fingerprint density at radius 3 is 2.72 bits per heavy atom. The van der Waals surface area contributed by atoms with Gasteiger partial charge in [-0.15, -0.1) is 11.3 Å². The summed E-state index contributed by atoms with van der Waals surface area (Å²) < 4.78 is 0.902. The molecule has 0 aromatic carbocycles. The van der Waals surface area contributed by atoms with Crippen molar-refractivity contribution in [1.82, 2.24) is 10.2 Å². The van der Waals surface area contributed by atoms with Gasteiger partial charge in [0.05, 0.1) is 4.34 Å². The number of nitrogens with zero attached hydrogens (tertiary/aromatic N) is 1. The highest BCUT2D eigenvalue weighted by molar-refractivity contribution is 7.16. The van der Waals surface area contributed by atoms with Gasteiger partial charge < -0.3 is 5.32 Å². The molecule has 0 radical (unpaired) electrons. The molecule has 1 fully saturated rings. The Morgan fingerprint density at radius 1 is 1.44 bits per heavy atom. The van der Waals surface area contributed by atoms with Gasteiger partial charge >= 0.3 is 0 Å². The molecule has 2 rings (SSSR count). The molecule has 1 aromatic rings. The van der Waals surface area contributed by atoms with Crippen LogP contribution in [-0.4, -0.2) is 31.1 Å². The van der Waals surface area contributed by atoms with Crippen LogP contribution in [0.4, 0.5) is 0 Å². The number of likely N-dealkylation sites (tertiary alicyclic amines) is 1. The van der Waals surface area contributed by atoms with Gasteiger partial charge in [0.1, 0.15) is 0 Å². The minimum absolute atomic E-state index is 0.516. The van der Waals surface area contributed by atoms with Crippen LogP contribution >= 0.6 is 22.9 Å². The van der Waals surface area contributed by atoms with E-state index in [0.29, 0.717) is 6.04 Å². The summed E-state index contributed by atoms with van der Waals surface area (Å²) >= 11 is 7.73. The zero-order valence-electron chi connectivity index (χ0n) is 11.3. The van der Waals surface area contributed by atoms with Crippen LogP contribution in [0.15, 0.2) is 12.1 Å². The lowest BCUT2D eigenvalue weighted by Gasteiger charge is -2.35. The molecule has 1 atom stereocenters. The molecule has 1 N–H and O–H groups in total. The summed E-state index contributed by atoms with van der Waals surface area (Å²) in [6.07, 6.45) is 2.63. The molecular formula is C14H23ClN2S. The Hall–Kier alpha value is -0.0900. The Bertz CT molecular complexity index is 358. The fourth-order valence-corrected chi connectivity index (χ4v) is 3.77. The van der Waals surface area contributed by atoms with E-state index in [1.165, 1.54) is 37.4 Å². The van der Waals surface area contributed by atoms with Gasteiger partial charge in [-0.1, -0.05) is 18.5 Å². The molecule has 2 nitrogen and oxygen atoms in total. The zero-order chi connectivity index (χ0) is 13.0. The lowest BCUT2D eigenvalue weighted by atomic mass is 9.95. The Labute approximate surface area is 119 Å². The summed E-state index contributed by atoms with van der Waals surface area (Å²) in [5.74, 6) is 0.861. The first-order valence-electron chi connectivity index (χ1n) is 6.90. The molecule has 0 spiro atoms. The van der Waals surface area contributed by atoms with E-state index >= 15 is 0 Å². The molecule has 102 valence electrons. The van der Waals surface area contributed by atoms with E-state index in [1.807, 2.05) is 6.07 Å². The highest BCUT2D eigenvalue weighted by Gasteiger charge is 2.23. The van der Waals surface area contributed by atoms with E-state index in [4.69, 9.17) is 11.6 Å². The third-order valence-corrected chi connectivity index (χ3v) is 5.29. The van der Waals surface area contributed by atoms with Crippen LogP contribution < -0.4 is 5.32 Å². The highest BCUT2D eigenvalue weighted by atomic mass is 35.5. The maximum absolute atomic E-state index is 6.02. The van der Waals surface area contributed by atoms with Crippen molar-refractivity contribution in [3.05, 3.63) is 21.3 Å². The van der Waals surface area contributed by atoms with Crippen molar-refractivity contribution >= 4 is 22.9 Å². The summed E-state index contributed by atoms with van der Waals surface area (Å²) in [7, 11) is 0. The first kappa shape index (κ1) is 14.3. The van der Waals surface area contributed by atoms with E-state index in [1.54, 1.807) is 11.3 Å². The first-order valence-corrected chi connectivity index (χ1v) is 8.10. The van der Waals surface area contributed by atoms with Gasteiger partial charge in [0, 0.05) is 10.9 Å². The minimum Gasteiger partial charge on any atom is -0.317 e. The van der Waals surface area contributed by atoms with Crippen LogP contribution in [0.5, 0.6) is 0 Å². The van der Waals surface area contributed by atoms with Crippen molar-refractivity contribution in [3.8, 4) is 0 Å². The fourth-order valence-electron chi connectivity index (χ4n) is 2.63. The third kappa shape index (κ3) is 3.70. The number of hydrogen-bond acceptors (Lipinski definition) is 3. The second-order valence-corrected chi connectivity index (χ2v) is 6.85. The highest BCUT2D eigenvalue weighted by Crippen LogP contribution is 2.32.